The first kappa shape index (κ1) is 11.4. The lowest BCUT2D eigenvalue weighted by Gasteiger charge is -2.19. The van der Waals surface area contributed by atoms with Crippen LogP contribution in [0.1, 0.15) is 37.4 Å². The lowest BCUT2D eigenvalue weighted by molar-refractivity contribution is 0.356. The summed E-state index contributed by atoms with van der Waals surface area (Å²) in [7, 11) is 0. The van der Waals surface area contributed by atoms with Crippen molar-refractivity contribution in [3.05, 3.63) is 29.3 Å². The van der Waals surface area contributed by atoms with Crippen molar-refractivity contribution in [3.63, 3.8) is 0 Å². The van der Waals surface area contributed by atoms with Gasteiger partial charge in [-0.2, -0.15) is 0 Å². The van der Waals surface area contributed by atoms with Gasteiger partial charge in [-0.15, -0.1) is 0 Å². The molecule has 0 saturated carbocycles. The van der Waals surface area contributed by atoms with E-state index in [9.17, 15) is 0 Å². The van der Waals surface area contributed by atoms with Crippen molar-refractivity contribution in [2.45, 2.75) is 32.7 Å². The summed E-state index contributed by atoms with van der Waals surface area (Å²) < 4.78 is 5.50. The van der Waals surface area contributed by atoms with E-state index in [0.29, 0.717) is 5.92 Å². The summed E-state index contributed by atoms with van der Waals surface area (Å²) >= 11 is 0. The molecule has 0 radical (unpaired) electrons. The van der Waals surface area contributed by atoms with E-state index in [2.05, 4.69) is 37.5 Å². The van der Waals surface area contributed by atoms with Crippen molar-refractivity contribution in [2.24, 2.45) is 11.8 Å². The van der Waals surface area contributed by atoms with E-state index in [0.717, 1.165) is 25.2 Å². The number of hydrazine groups is 1. The van der Waals surface area contributed by atoms with Gasteiger partial charge in [0, 0.05) is 12.5 Å². The topological polar surface area (TPSA) is 47.3 Å². The first-order chi connectivity index (χ1) is 7.70. The molecule has 16 heavy (non-hydrogen) atoms. The van der Waals surface area contributed by atoms with Gasteiger partial charge in [0.15, 0.2) is 0 Å². The van der Waals surface area contributed by atoms with E-state index in [1.165, 1.54) is 11.1 Å². The van der Waals surface area contributed by atoms with E-state index in [-0.39, 0.29) is 6.04 Å². The summed E-state index contributed by atoms with van der Waals surface area (Å²) in [6, 6.07) is 6.63. The second-order valence-electron chi connectivity index (χ2n) is 4.81. The molecule has 1 aromatic rings. The first-order valence-electron chi connectivity index (χ1n) is 5.92. The largest absolute Gasteiger partial charge is 0.493 e. The molecule has 1 atom stereocenters. The third-order valence-electron chi connectivity index (χ3n) is 3.02. The minimum absolute atomic E-state index is 0.242. The van der Waals surface area contributed by atoms with Gasteiger partial charge in [-0.05, 0) is 29.5 Å². The minimum Gasteiger partial charge on any atom is -0.493 e. The van der Waals surface area contributed by atoms with E-state index in [4.69, 9.17) is 10.6 Å². The van der Waals surface area contributed by atoms with Crippen molar-refractivity contribution >= 4 is 0 Å². The molecule has 0 bridgehead atoms. The smallest absolute Gasteiger partial charge is 0.122 e. The van der Waals surface area contributed by atoms with Crippen LogP contribution in [0.2, 0.25) is 0 Å². The Morgan fingerprint density at radius 3 is 2.94 bits per heavy atom. The third-order valence-corrected chi connectivity index (χ3v) is 3.02. The van der Waals surface area contributed by atoms with Crippen LogP contribution in [0.25, 0.3) is 0 Å². The summed E-state index contributed by atoms with van der Waals surface area (Å²) in [6.45, 7) is 5.23. The Morgan fingerprint density at radius 1 is 1.44 bits per heavy atom. The molecule has 0 amide bonds. The Kier molecular flexibility index (Phi) is 3.46. The normalized spacial score (nSPS) is 16.0. The van der Waals surface area contributed by atoms with Crippen LogP contribution in [-0.2, 0) is 6.42 Å². The summed E-state index contributed by atoms with van der Waals surface area (Å²) in [5.41, 5.74) is 5.47. The number of fused-ring (bicyclic) bond motifs is 1. The maximum Gasteiger partial charge on any atom is 0.122 e. The Hall–Kier alpha value is -1.06. The number of hydrogen-bond acceptors (Lipinski definition) is 3. The molecule has 0 aliphatic carbocycles. The molecule has 1 aliphatic heterocycles. The average Bonchev–Trinajstić information content (AvgIpc) is 2.72. The predicted octanol–water partition coefficient (Wildman–Crippen LogP) is 2.17. The number of rotatable bonds is 4. The Balaban J connectivity index is 2.18. The van der Waals surface area contributed by atoms with E-state index >= 15 is 0 Å². The van der Waals surface area contributed by atoms with E-state index in [1.807, 2.05) is 0 Å². The minimum atomic E-state index is 0.242. The highest BCUT2D eigenvalue weighted by molar-refractivity contribution is 5.40. The van der Waals surface area contributed by atoms with Gasteiger partial charge in [0.05, 0.1) is 6.61 Å². The molecular weight excluding hydrogens is 200 g/mol. The number of benzene rings is 1. The lowest BCUT2D eigenvalue weighted by Crippen LogP contribution is -2.29. The van der Waals surface area contributed by atoms with Gasteiger partial charge in [-0.3, -0.25) is 11.3 Å². The molecule has 1 heterocycles. The molecule has 88 valence electrons. The number of nitrogens with one attached hydrogen (secondary N) is 1. The Morgan fingerprint density at radius 2 is 2.25 bits per heavy atom. The highest BCUT2D eigenvalue weighted by atomic mass is 16.5. The van der Waals surface area contributed by atoms with Crippen LogP contribution in [0.15, 0.2) is 18.2 Å². The molecule has 1 aliphatic rings. The van der Waals surface area contributed by atoms with Crippen LogP contribution in [0.3, 0.4) is 0 Å². The number of hydrogen-bond donors (Lipinski definition) is 2. The molecule has 0 aromatic heterocycles. The maximum absolute atomic E-state index is 5.62. The van der Waals surface area contributed by atoms with Gasteiger partial charge < -0.3 is 4.74 Å². The summed E-state index contributed by atoms with van der Waals surface area (Å²) in [6.07, 6.45) is 2.07. The van der Waals surface area contributed by atoms with Crippen molar-refractivity contribution in [2.75, 3.05) is 6.61 Å². The fraction of sp³-hybridized carbons (Fsp3) is 0.538. The van der Waals surface area contributed by atoms with Gasteiger partial charge in [0.2, 0.25) is 0 Å². The standard InChI is InChI=1S/C13H20N2O/c1-9(2)7-12(15-14)10-3-4-13-11(8-10)5-6-16-13/h3-4,8-9,12,15H,5-7,14H2,1-2H3. The SMILES string of the molecule is CC(C)CC(NN)c1ccc2c(c1)CCO2. The maximum atomic E-state index is 5.62. The number of ether oxygens (including phenoxy) is 1. The zero-order valence-corrected chi connectivity index (χ0v) is 9.99. The van der Waals surface area contributed by atoms with Crippen LogP contribution in [0, 0.1) is 5.92 Å². The van der Waals surface area contributed by atoms with Gasteiger partial charge in [-0.1, -0.05) is 26.0 Å². The fourth-order valence-electron chi connectivity index (χ4n) is 2.19. The van der Waals surface area contributed by atoms with E-state index < -0.39 is 0 Å². The molecule has 0 spiro atoms. The van der Waals surface area contributed by atoms with Crippen LogP contribution in [-0.4, -0.2) is 6.61 Å². The molecule has 1 unspecified atom stereocenters. The highest BCUT2D eigenvalue weighted by Crippen LogP contribution is 2.29. The van der Waals surface area contributed by atoms with E-state index in [1.54, 1.807) is 0 Å². The molecule has 3 heteroatoms. The first-order valence-corrected chi connectivity index (χ1v) is 5.92. The second kappa shape index (κ2) is 4.85. The Bertz CT molecular complexity index is 363. The predicted molar refractivity (Wildman–Crippen MR) is 65.2 cm³/mol. The van der Waals surface area contributed by atoms with Crippen molar-refractivity contribution in [1.29, 1.82) is 0 Å². The van der Waals surface area contributed by atoms with Gasteiger partial charge in [0.25, 0.3) is 0 Å². The summed E-state index contributed by atoms with van der Waals surface area (Å²) in [4.78, 5) is 0. The second-order valence-corrected chi connectivity index (χ2v) is 4.81. The van der Waals surface area contributed by atoms with Crippen LogP contribution in [0.5, 0.6) is 5.75 Å². The Labute approximate surface area is 97.0 Å². The fourth-order valence-corrected chi connectivity index (χ4v) is 2.19. The summed E-state index contributed by atoms with van der Waals surface area (Å²) in [5, 5.41) is 0. The lowest BCUT2D eigenvalue weighted by atomic mass is 9.96. The van der Waals surface area contributed by atoms with Crippen LogP contribution in [0.4, 0.5) is 0 Å². The monoisotopic (exact) mass is 220 g/mol. The zero-order chi connectivity index (χ0) is 11.5. The number of nitrogens with two attached hydrogens (primary N) is 1. The van der Waals surface area contributed by atoms with Crippen LogP contribution < -0.4 is 16.0 Å². The zero-order valence-electron chi connectivity index (χ0n) is 9.99. The summed E-state index contributed by atoms with van der Waals surface area (Å²) in [5.74, 6) is 7.28. The van der Waals surface area contributed by atoms with Crippen molar-refractivity contribution in [1.82, 2.24) is 5.43 Å². The van der Waals surface area contributed by atoms with Crippen LogP contribution >= 0.6 is 0 Å². The highest BCUT2D eigenvalue weighted by Gasteiger charge is 2.16. The van der Waals surface area contributed by atoms with Crippen molar-refractivity contribution in [3.8, 4) is 5.75 Å². The molecule has 3 N–H and O–H groups in total. The van der Waals surface area contributed by atoms with Gasteiger partial charge >= 0.3 is 0 Å². The molecule has 0 saturated heterocycles. The average molecular weight is 220 g/mol. The molecule has 1 aromatic carbocycles. The quantitative estimate of drug-likeness (QED) is 0.604. The van der Waals surface area contributed by atoms with Gasteiger partial charge in [-0.25, -0.2) is 0 Å². The van der Waals surface area contributed by atoms with Gasteiger partial charge in [0.1, 0.15) is 5.75 Å². The molecule has 3 nitrogen and oxygen atoms in total. The molecule has 2 rings (SSSR count). The van der Waals surface area contributed by atoms with Crippen molar-refractivity contribution < 1.29 is 4.74 Å². The third kappa shape index (κ3) is 2.36. The molecular formula is C13H20N2O. The molecule has 0 fully saturated rings.